The van der Waals surface area contributed by atoms with Crippen LogP contribution in [0.3, 0.4) is 0 Å². The third-order valence-corrected chi connectivity index (χ3v) is 7.03. The predicted octanol–water partition coefficient (Wildman–Crippen LogP) is 3.17. The maximum Gasteiger partial charge on any atom is 0.308 e. The Labute approximate surface area is 201 Å². The molecule has 9 nitrogen and oxygen atoms in total. The van der Waals surface area contributed by atoms with Gasteiger partial charge in [0.2, 0.25) is 5.91 Å². The van der Waals surface area contributed by atoms with Gasteiger partial charge >= 0.3 is 5.97 Å². The number of carboxylic acid groups (broad SMARTS) is 1. The molecule has 1 aliphatic rings. The number of fused-ring (bicyclic) bond motifs is 1. The highest BCUT2D eigenvalue weighted by molar-refractivity contribution is 7.13. The van der Waals surface area contributed by atoms with Crippen molar-refractivity contribution in [2.75, 3.05) is 32.1 Å². The second kappa shape index (κ2) is 10.9. The van der Waals surface area contributed by atoms with Gasteiger partial charge in [0.1, 0.15) is 5.75 Å². The number of benzene rings is 1. The molecule has 1 fully saturated rings. The molecule has 1 unspecified atom stereocenters. The summed E-state index contributed by atoms with van der Waals surface area (Å²) < 4.78 is 5.27. The summed E-state index contributed by atoms with van der Waals surface area (Å²) in [5.41, 5.74) is 1.53. The van der Waals surface area contributed by atoms with Crippen LogP contribution in [-0.2, 0) is 9.59 Å². The number of nitrogens with one attached hydrogen (secondary N) is 1. The largest absolute Gasteiger partial charge is 0.495 e. The lowest BCUT2D eigenvalue weighted by molar-refractivity contribution is -0.146. The average Bonchev–Trinajstić information content (AvgIpc) is 3.35. The topological polar surface area (TPSA) is 125 Å². The van der Waals surface area contributed by atoms with Crippen molar-refractivity contribution in [3.05, 3.63) is 47.6 Å². The van der Waals surface area contributed by atoms with E-state index in [2.05, 4.69) is 15.3 Å². The number of amides is 1. The molecule has 1 aliphatic heterocycles. The molecule has 3 aromatic rings. The number of pyridine rings is 1. The van der Waals surface area contributed by atoms with Crippen LogP contribution < -0.4 is 10.1 Å². The van der Waals surface area contributed by atoms with Crippen molar-refractivity contribution in [2.45, 2.75) is 25.4 Å². The monoisotopic (exact) mass is 484 g/mol. The predicted molar refractivity (Wildman–Crippen MR) is 129 cm³/mol. The van der Waals surface area contributed by atoms with Gasteiger partial charge in [-0.05, 0) is 49.4 Å². The van der Waals surface area contributed by atoms with Gasteiger partial charge < -0.3 is 20.3 Å². The van der Waals surface area contributed by atoms with E-state index in [9.17, 15) is 19.8 Å². The molecule has 1 amide bonds. The fraction of sp³-hybridized carbons (Fsp3) is 0.417. The zero-order valence-corrected chi connectivity index (χ0v) is 19.7. The van der Waals surface area contributed by atoms with Crippen LogP contribution in [0.2, 0.25) is 0 Å². The maximum absolute atomic E-state index is 12.3. The molecule has 0 bridgehead atoms. The first kappa shape index (κ1) is 24.1. The Morgan fingerprint density at radius 2 is 2.21 bits per heavy atom. The third-order valence-electron chi connectivity index (χ3n) is 6.34. The number of aromatic nitrogens is 2. The van der Waals surface area contributed by atoms with Crippen LogP contribution >= 0.6 is 11.3 Å². The first-order valence-corrected chi connectivity index (χ1v) is 12.1. The molecule has 1 aromatic carbocycles. The van der Waals surface area contributed by atoms with Crippen molar-refractivity contribution in [3.8, 4) is 5.75 Å². The van der Waals surface area contributed by atoms with Gasteiger partial charge in [-0.1, -0.05) is 12.1 Å². The van der Waals surface area contributed by atoms with Crippen molar-refractivity contribution in [1.29, 1.82) is 0 Å². The van der Waals surface area contributed by atoms with Crippen LogP contribution in [0.25, 0.3) is 10.9 Å². The average molecular weight is 485 g/mol. The number of aliphatic hydroxyl groups excluding tert-OH is 1. The summed E-state index contributed by atoms with van der Waals surface area (Å²) in [6.07, 6.45) is 4.18. The number of carboxylic acids is 1. The fourth-order valence-electron chi connectivity index (χ4n) is 4.57. The summed E-state index contributed by atoms with van der Waals surface area (Å²) in [5.74, 6) is -1.13. The summed E-state index contributed by atoms with van der Waals surface area (Å²) in [5, 5.41) is 26.6. The van der Waals surface area contributed by atoms with E-state index in [4.69, 9.17) is 4.74 Å². The van der Waals surface area contributed by atoms with Gasteiger partial charge in [0.25, 0.3) is 0 Å². The standard InChI is InChI=1S/C24H28N4O5S/c1-33-16-11-18-17(3-2-4-20(18)26-12-16)21(29)6-5-15-7-9-28(13-19(15)23(31)32)14-22(30)27-24-25-8-10-34-24/h2-4,8,10-12,15,19,21,29H,5-7,9,13-14H2,1H3,(H,31,32)(H,25,27,30)/t15-,19+,21?/m1/s1. The summed E-state index contributed by atoms with van der Waals surface area (Å²) >= 11 is 1.34. The molecular weight excluding hydrogens is 456 g/mol. The van der Waals surface area contributed by atoms with E-state index in [0.717, 1.165) is 16.5 Å². The lowest BCUT2D eigenvalue weighted by Crippen LogP contribution is -2.46. The fourth-order valence-corrected chi connectivity index (χ4v) is 5.11. The Kier molecular flexibility index (Phi) is 7.71. The minimum absolute atomic E-state index is 0.0759. The number of carbonyl (C=O) groups excluding carboxylic acids is 1. The molecule has 0 radical (unpaired) electrons. The van der Waals surface area contributed by atoms with E-state index in [1.54, 1.807) is 24.9 Å². The zero-order chi connectivity index (χ0) is 24.1. The second-order valence-corrected chi connectivity index (χ2v) is 9.39. The number of nitrogens with zero attached hydrogens (tertiary/aromatic N) is 3. The molecule has 3 N–H and O–H groups in total. The molecule has 180 valence electrons. The zero-order valence-electron chi connectivity index (χ0n) is 18.9. The molecule has 0 spiro atoms. The second-order valence-electron chi connectivity index (χ2n) is 8.50. The number of thiazole rings is 1. The van der Waals surface area contributed by atoms with Crippen molar-refractivity contribution in [3.63, 3.8) is 0 Å². The highest BCUT2D eigenvalue weighted by Crippen LogP contribution is 2.33. The maximum atomic E-state index is 12.3. The van der Waals surface area contributed by atoms with Gasteiger partial charge in [0.15, 0.2) is 5.13 Å². The van der Waals surface area contributed by atoms with Crippen molar-refractivity contribution in [2.24, 2.45) is 11.8 Å². The Bertz CT molecular complexity index is 1140. The minimum Gasteiger partial charge on any atom is -0.495 e. The first-order chi connectivity index (χ1) is 16.4. The number of aliphatic hydroxyl groups is 1. The number of piperidine rings is 1. The van der Waals surface area contributed by atoms with Crippen molar-refractivity contribution in [1.82, 2.24) is 14.9 Å². The van der Waals surface area contributed by atoms with E-state index >= 15 is 0 Å². The van der Waals surface area contributed by atoms with Gasteiger partial charge in [-0.25, -0.2) is 4.98 Å². The third kappa shape index (κ3) is 5.69. The van der Waals surface area contributed by atoms with Gasteiger partial charge in [-0.15, -0.1) is 11.3 Å². The quantitative estimate of drug-likeness (QED) is 0.423. The molecule has 34 heavy (non-hydrogen) atoms. The summed E-state index contributed by atoms with van der Waals surface area (Å²) in [4.78, 5) is 34.6. The highest BCUT2D eigenvalue weighted by atomic mass is 32.1. The lowest BCUT2D eigenvalue weighted by Gasteiger charge is -2.36. The van der Waals surface area contributed by atoms with Crippen molar-refractivity contribution >= 4 is 39.2 Å². The molecule has 3 atom stereocenters. The molecule has 3 heterocycles. The number of aliphatic carboxylic acids is 1. The molecule has 4 rings (SSSR count). The molecule has 2 aromatic heterocycles. The number of carbonyl (C=O) groups is 2. The van der Waals surface area contributed by atoms with Gasteiger partial charge in [-0.2, -0.15) is 0 Å². The van der Waals surface area contributed by atoms with E-state index in [-0.39, 0.29) is 18.4 Å². The Balaban J connectivity index is 1.37. The SMILES string of the molecule is COc1cnc2cccc(C(O)CC[C@@H]3CCN(CC(=O)Nc4nccs4)C[C@@H]3C(=O)O)c2c1. The van der Waals surface area contributed by atoms with E-state index in [1.165, 1.54) is 11.3 Å². The Morgan fingerprint density at radius 1 is 1.35 bits per heavy atom. The minimum atomic E-state index is -0.872. The number of anilines is 1. The number of hydrogen-bond donors (Lipinski definition) is 3. The van der Waals surface area contributed by atoms with E-state index in [0.29, 0.717) is 43.2 Å². The number of rotatable bonds is 9. The van der Waals surface area contributed by atoms with E-state index in [1.807, 2.05) is 29.2 Å². The number of methoxy groups -OCH3 is 1. The van der Waals surface area contributed by atoms with Crippen LogP contribution in [0.15, 0.2) is 42.0 Å². The Morgan fingerprint density at radius 3 is 2.94 bits per heavy atom. The van der Waals surface area contributed by atoms with Crippen molar-refractivity contribution < 1.29 is 24.5 Å². The van der Waals surface area contributed by atoms with Crippen LogP contribution in [0, 0.1) is 11.8 Å². The van der Waals surface area contributed by atoms with Crippen LogP contribution in [-0.4, -0.2) is 63.7 Å². The number of likely N-dealkylation sites (tertiary alicyclic amines) is 1. The summed E-state index contributed by atoms with van der Waals surface area (Å²) in [6.45, 7) is 1.06. The van der Waals surface area contributed by atoms with E-state index < -0.39 is 18.0 Å². The van der Waals surface area contributed by atoms with Gasteiger partial charge in [0.05, 0.1) is 37.4 Å². The molecule has 0 aliphatic carbocycles. The van der Waals surface area contributed by atoms with Gasteiger partial charge in [-0.3, -0.25) is 19.5 Å². The molecule has 0 saturated carbocycles. The molecule has 1 saturated heterocycles. The molecule has 10 heteroatoms. The molecular formula is C24H28N4O5S. The summed E-state index contributed by atoms with van der Waals surface area (Å²) in [6, 6.07) is 7.46. The Hall–Kier alpha value is -3.08. The van der Waals surface area contributed by atoms with Crippen LogP contribution in [0.4, 0.5) is 5.13 Å². The highest BCUT2D eigenvalue weighted by Gasteiger charge is 2.35. The van der Waals surface area contributed by atoms with Gasteiger partial charge in [0, 0.05) is 23.5 Å². The number of ether oxygens (including phenoxy) is 1. The smallest absolute Gasteiger partial charge is 0.308 e. The normalized spacial score (nSPS) is 19.6. The van der Waals surface area contributed by atoms with Crippen LogP contribution in [0.1, 0.15) is 30.9 Å². The lowest BCUT2D eigenvalue weighted by atomic mass is 9.81. The summed E-state index contributed by atoms with van der Waals surface area (Å²) in [7, 11) is 1.57. The van der Waals surface area contributed by atoms with Crippen LogP contribution in [0.5, 0.6) is 5.75 Å². The number of hydrogen-bond acceptors (Lipinski definition) is 8. The first-order valence-electron chi connectivity index (χ1n) is 11.2.